The van der Waals surface area contributed by atoms with E-state index in [1.807, 2.05) is 0 Å². The molecular formula is C3H6FNO3. The van der Waals surface area contributed by atoms with Crippen molar-refractivity contribution < 1.29 is 18.8 Å². The van der Waals surface area contributed by atoms with Gasteiger partial charge in [-0.1, -0.05) is 0 Å². The fourth-order valence-corrected chi connectivity index (χ4v) is 0.156. The molecule has 5 heteroatoms. The molecule has 0 radical (unpaired) electrons. The maximum Gasteiger partial charge on any atom is 0.350 e. The van der Waals surface area contributed by atoms with Crippen LogP contribution in [0.3, 0.4) is 0 Å². The van der Waals surface area contributed by atoms with Crippen LogP contribution in [-0.4, -0.2) is 19.4 Å². The molecule has 0 aromatic rings. The second-order valence-corrected chi connectivity index (χ2v) is 0.947. The van der Waals surface area contributed by atoms with Gasteiger partial charge in [-0.3, -0.25) is 0 Å². The van der Waals surface area contributed by atoms with Crippen molar-refractivity contribution in [3.8, 4) is 0 Å². The Morgan fingerprint density at radius 1 is 1.75 bits per heavy atom. The fraction of sp³-hybridized carbons (Fsp3) is 0.667. The summed E-state index contributed by atoms with van der Waals surface area (Å²) < 4.78 is 15.0. The van der Waals surface area contributed by atoms with Gasteiger partial charge in [0.1, 0.15) is 6.61 Å². The quantitative estimate of drug-likeness (QED) is 0.506. The van der Waals surface area contributed by atoms with Crippen LogP contribution >= 0.6 is 0 Å². The molecule has 0 amide bonds. The van der Waals surface area contributed by atoms with E-state index in [2.05, 4.69) is 15.5 Å². The lowest BCUT2D eigenvalue weighted by Crippen LogP contribution is -2.15. The highest BCUT2D eigenvalue weighted by molar-refractivity contribution is 5.70. The van der Waals surface area contributed by atoms with E-state index in [1.165, 1.54) is 0 Å². The van der Waals surface area contributed by atoms with Crippen LogP contribution in [0.25, 0.3) is 0 Å². The highest BCUT2D eigenvalue weighted by atomic mass is 19.1. The lowest BCUT2D eigenvalue weighted by molar-refractivity contribution is -0.151. The smallest absolute Gasteiger partial charge is 0.350 e. The zero-order chi connectivity index (χ0) is 6.41. The Kier molecular flexibility index (Phi) is 4.10. The van der Waals surface area contributed by atoms with Gasteiger partial charge in [-0.05, 0) is 0 Å². The molecule has 4 nitrogen and oxygen atoms in total. The Hall–Kier alpha value is -0.680. The molecule has 0 spiro atoms. The minimum atomic E-state index is -1.00. The standard InChI is InChI=1S/C3H6FNO3/c4-2-7-1-3(6)8-5/h1-2,5H2. The predicted molar refractivity (Wildman–Crippen MR) is 22.2 cm³/mol. The van der Waals surface area contributed by atoms with Gasteiger partial charge in [-0.25, -0.2) is 9.18 Å². The molecule has 0 bridgehead atoms. The van der Waals surface area contributed by atoms with Crippen LogP contribution in [0.2, 0.25) is 0 Å². The summed E-state index contributed by atoms with van der Waals surface area (Å²) in [6.07, 6.45) is 0. The minimum absolute atomic E-state index is 0.438. The number of nitrogens with two attached hydrogens (primary N) is 1. The molecule has 48 valence electrons. The van der Waals surface area contributed by atoms with Crippen LogP contribution < -0.4 is 5.90 Å². The summed E-state index contributed by atoms with van der Waals surface area (Å²) in [5, 5.41) is 0. The largest absolute Gasteiger partial charge is 0.372 e. The molecule has 0 aromatic carbocycles. The summed E-state index contributed by atoms with van der Waals surface area (Å²) in [6, 6.07) is 0. The Morgan fingerprint density at radius 2 is 2.38 bits per heavy atom. The maximum atomic E-state index is 11.0. The second-order valence-electron chi connectivity index (χ2n) is 0.947. The number of carbonyl (C=O) groups excluding carboxylic acids is 1. The first-order chi connectivity index (χ1) is 3.81. The number of rotatable bonds is 3. The first-order valence-corrected chi connectivity index (χ1v) is 1.84. The van der Waals surface area contributed by atoms with E-state index in [1.54, 1.807) is 0 Å². The molecule has 0 aliphatic carbocycles. The molecule has 0 aliphatic heterocycles. The van der Waals surface area contributed by atoms with Gasteiger partial charge >= 0.3 is 5.97 Å². The summed E-state index contributed by atoms with van der Waals surface area (Å²) in [5.74, 6) is 3.57. The Balaban J connectivity index is 2.99. The summed E-state index contributed by atoms with van der Waals surface area (Å²) in [4.78, 5) is 13.6. The van der Waals surface area contributed by atoms with Gasteiger partial charge in [0, 0.05) is 0 Å². The highest BCUT2D eigenvalue weighted by Crippen LogP contribution is 1.75. The second kappa shape index (κ2) is 4.48. The molecule has 0 aliphatic rings. The van der Waals surface area contributed by atoms with Crippen LogP contribution in [0.1, 0.15) is 0 Å². The molecule has 0 unspecified atom stereocenters. The average molecular weight is 123 g/mol. The minimum Gasteiger partial charge on any atom is -0.372 e. The van der Waals surface area contributed by atoms with Crippen molar-refractivity contribution >= 4 is 5.97 Å². The summed E-state index contributed by atoms with van der Waals surface area (Å²) in [5.41, 5.74) is 0. The number of ether oxygens (including phenoxy) is 1. The number of hydrogen-bond donors (Lipinski definition) is 1. The third-order valence-electron chi connectivity index (χ3n) is 0.429. The van der Waals surface area contributed by atoms with E-state index in [4.69, 9.17) is 0 Å². The zero-order valence-corrected chi connectivity index (χ0v) is 4.09. The normalized spacial score (nSPS) is 8.75. The van der Waals surface area contributed by atoms with Crippen molar-refractivity contribution in [2.45, 2.75) is 0 Å². The van der Waals surface area contributed by atoms with Gasteiger partial charge in [0.15, 0.2) is 6.86 Å². The SMILES string of the molecule is NOC(=O)COCF. The van der Waals surface area contributed by atoms with E-state index in [0.717, 1.165) is 0 Å². The van der Waals surface area contributed by atoms with Crippen LogP contribution in [0, 0.1) is 0 Å². The van der Waals surface area contributed by atoms with Crippen LogP contribution in [0.5, 0.6) is 0 Å². The van der Waals surface area contributed by atoms with Gasteiger partial charge in [0.2, 0.25) is 0 Å². The molecular weight excluding hydrogens is 117 g/mol. The molecule has 2 N–H and O–H groups in total. The molecule has 0 saturated heterocycles. The lowest BCUT2D eigenvalue weighted by atomic mass is 10.7. The van der Waals surface area contributed by atoms with Gasteiger partial charge < -0.3 is 9.57 Å². The van der Waals surface area contributed by atoms with Crippen molar-refractivity contribution in [1.82, 2.24) is 0 Å². The summed E-state index contributed by atoms with van der Waals surface area (Å²) >= 11 is 0. The number of carbonyl (C=O) groups is 1. The Labute approximate surface area is 45.3 Å². The zero-order valence-electron chi connectivity index (χ0n) is 4.09. The first-order valence-electron chi connectivity index (χ1n) is 1.84. The van der Waals surface area contributed by atoms with Crippen molar-refractivity contribution in [1.29, 1.82) is 0 Å². The van der Waals surface area contributed by atoms with E-state index < -0.39 is 19.4 Å². The van der Waals surface area contributed by atoms with Crippen molar-refractivity contribution in [2.24, 2.45) is 5.90 Å². The fourth-order valence-electron chi connectivity index (χ4n) is 0.156. The molecule has 0 heterocycles. The Morgan fingerprint density at radius 3 is 2.75 bits per heavy atom. The molecule has 0 rings (SSSR count). The van der Waals surface area contributed by atoms with Crippen LogP contribution in [0.4, 0.5) is 4.39 Å². The van der Waals surface area contributed by atoms with Crippen LogP contribution in [-0.2, 0) is 14.4 Å². The summed E-state index contributed by atoms with van der Waals surface area (Å²) in [7, 11) is 0. The average Bonchev–Trinajstić information content (AvgIpc) is 1.83. The topological polar surface area (TPSA) is 61.5 Å². The molecule has 0 atom stereocenters. The van der Waals surface area contributed by atoms with E-state index in [-0.39, 0.29) is 0 Å². The molecule has 8 heavy (non-hydrogen) atoms. The highest BCUT2D eigenvalue weighted by Gasteiger charge is 1.97. The Bertz CT molecular complexity index is 76.9. The molecule has 0 aromatic heterocycles. The molecule has 0 fully saturated rings. The van der Waals surface area contributed by atoms with E-state index in [0.29, 0.717) is 0 Å². The van der Waals surface area contributed by atoms with Crippen LogP contribution in [0.15, 0.2) is 0 Å². The van der Waals surface area contributed by atoms with Gasteiger partial charge in [-0.2, -0.15) is 5.90 Å². The molecule has 0 saturated carbocycles. The number of halogens is 1. The summed E-state index contributed by atoms with van der Waals surface area (Å²) in [6.45, 7) is -1.44. The monoisotopic (exact) mass is 123 g/mol. The predicted octanol–water partition coefficient (Wildman–Crippen LogP) is -0.653. The van der Waals surface area contributed by atoms with E-state index >= 15 is 0 Å². The van der Waals surface area contributed by atoms with E-state index in [9.17, 15) is 9.18 Å². The number of hydrogen-bond acceptors (Lipinski definition) is 4. The van der Waals surface area contributed by atoms with Gasteiger partial charge in [0.25, 0.3) is 0 Å². The third-order valence-corrected chi connectivity index (χ3v) is 0.429. The third kappa shape index (κ3) is 3.51. The van der Waals surface area contributed by atoms with Crippen molar-refractivity contribution in [3.63, 3.8) is 0 Å². The maximum absolute atomic E-state index is 11.0. The number of alkyl halides is 1. The first kappa shape index (κ1) is 7.32. The lowest BCUT2D eigenvalue weighted by Gasteiger charge is -1.93. The van der Waals surface area contributed by atoms with Gasteiger partial charge in [0.05, 0.1) is 0 Å². The van der Waals surface area contributed by atoms with Crippen molar-refractivity contribution in [3.05, 3.63) is 0 Å². The van der Waals surface area contributed by atoms with Gasteiger partial charge in [-0.15, -0.1) is 0 Å². The van der Waals surface area contributed by atoms with Crippen molar-refractivity contribution in [2.75, 3.05) is 13.5 Å².